The Bertz CT molecular complexity index is 1350. The third kappa shape index (κ3) is 34.8. The molecule has 0 saturated carbocycles. The molecule has 0 saturated heterocycles. The van der Waals surface area contributed by atoms with Gasteiger partial charge in [0.25, 0.3) is 0 Å². The van der Waals surface area contributed by atoms with Crippen molar-refractivity contribution in [2.45, 2.75) is 74.8 Å². The van der Waals surface area contributed by atoms with Crippen molar-refractivity contribution < 1.29 is 88.2 Å². The van der Waals surface area contributed by atoms with Crippen LogP contribution in [0.2, 0.25) is 0 Å². The van der Waals surface area contributed by atoms with Gasteiger partial charge in [-0.05, 0) is 19.3 Å². The maximum atomic E-state index is 11.5. The van der Waals surface area contributed by atoms with Gasteiger partial charge < -0.3 is 79.7 Å². The molecule has 0 rings (SSSR count). The van der Waals surface area contributed by atoms with E-state index < -0.39 is 127 Å². The number of carbonyl (C=O) groups is 12. The number of aliphatic carboxylic acids is 6. The third-order valence-electron chi connectivity index (χ3n) is 6.74. The molecule has 27 nitrogen and oxygen atoms in total. The molecule has 0 unspecified atom stereocenters. The number of hydrogen-bond acceptors (Lipinski definition) is 18. The van der Waals surface area contributed by atoms with Gasteiger partial charge in [0.1, 0.15) is 55.9 Å². The molecule has 0 heterocycles. The van der Waals surface area contributed by atoms with Crippen LogP contribution in [0.4, 0.5) is 0 Å². The summed E-state index contributed by atoms with van der Waals surface area (Å²) in [6, 6.07) is -6.45. The van der Waals surface area contributed by atoms with E-state index in [2.05, 4.69) is 69.8 Å². The molecular formula is C30H51BiN9O18S3+3. The van der Waals surface area contributed by atoms with Crippen LogP contribution in [0.15, 0.2) is 0 Å². The van der Waals surface area contributed by atoms with Gasteiger partial charge in [0, 0.05) is 36.5 Å². The first kappa shape index (κ1) is 63.1. The maximum absolute atomic E-state index is 11.5. The van der Waals surface area contributed by atoms with Crippen molar-refractivity contribution in [1.29, 1.82) is 0 Å². The van der Waals surface area contributed by atoms with Gasteiger partial charge in [-0.25, -0.2) is 0 Å². The summed E-state index contributed by atoms with van der Waals surface area (Å²) in [6.45, 7) is -1.70. The van der Waals surface area contributed by atoms with E-state index in [1.807, 2.05) is 0 Å². The number of rotatable bonds is 27. The smallest absolute Gasteiger partial charge is 0.480 e. The first-order valence-corrected chi connectivity index (χ1v) is 18.9. The van der Waals surface area contributed by atoms with Crippen LogP contribution >= 0.6 is 37.9 Å². The predicted molar refractivity (Wildman–Crippen MR) is 220 cm³/mol. The van der Waals surface area contributed by atoms with Gasteiger partial charge in [-0.1, -0.05) is 0 Å². The maximum Gasteiger partial charge on any atom is 3.00 e. The molecule has 6 atom stereocenters. The molecule has 0 aliphatic carbocycles. The summed E-state index contributed by atoms with van der Waals surface area (Å²) in [4.78, 5) is 131. The van der Waals surface area contributed by atoms with E-state index in [9.17, 15) is 57.5 Å². The Morgan fingerprint density at radius 3 is 0.754 bits per heavy atom. The minimum atomic E-state index is -1.22. The number of carboxylic acids is 6. The second-order valence-electron chi connectivity index (χ2n) is 11.7. The van der Waals surface area contributed by atoms with E-state index in [-0.39, 0.29) is 82.0 Å². The predicted octanol–water partition coefficient (Wildman–Crippen LogP) is -7.00. The van der Waals surface area contributed by atoms with Crippen molar-refractivity contribution in [2.24, 2.45) is 17.2 Å². The number of nitrogens with one attached hydrogen (secondary N) is 6. The van der Waals surface area contributed by atoms with Crippen molar-refractivity contribution in [1.82, 2.24) is 31.9 Å². The molecule has 61 heavy (non-hydrogen) atoms. The molecule has 0 aliphatic heterocycles. The van der Waals surface area contributed by atoms with E-state index in [1.165, 1.54) is 0 Å². The van der Waals surface area contributed by atoms with Crippen LogP contribution in [0.1, 0.15) is 38.5 Å². The van der Waals surface area contributed by atoms with E-state index in [0.717, 1.165) is 0 Å². The normalized spacial score (nSPS) is 12.9. The Morgan fingerprint density at radius 2 is 0.607 bits per heavy atom. The Balaban J connectivity index is -0.000000396. The molecule has 31 heteroatoms. The number of carbonyl (C=O) groups excluding carboxylic acids is 6. The summed E-state index contributed by atoms with van der Waals surface area (Å²) in [5.74, 6) is -11.1. The van der Waals surface area contributed by atoms with Crippen molar-refractivity contribution in [3.05, 3.63) is 0 Å². The number of carboxylic acid groups (broad SMARTS) is 6. The molecule has 0 aromatic rings. The van der Waals surface area contributed by atoms with Gasteiger partial charge in [-0.15, -0.1) is 0 Å². The molecule has 0 aromatic carbocycles. The van der Waals surface area contributed by atoms with Crippen LogP contribution in [0.25, 0.3) is 0 Å². The summed E-state index contributed by atoms with van der Waals surface area (Å²) >= 11 is 11.6. The van der Waals surface area contributed by atoms with Crippen molar-refractivity contribution >= 4 is 135 Å². The molecule has 0 aromatic heterocycles. The third-order valence-corrected chi connectivity index (χ3v) is 7.84. The first-order chi connectivity index (χ1) is 27.8. The fourth-order valence-corrected chi connectivity index (χ4v) is 4.24. The van der Waals surface area contributed by atoms with Crippen molar-refractivity contribution in [3.8, 4) is 0 Å². The Morgan fingerprint density at radius 1 is 0.410 bits per heavy atom. The van der Waals surface area contributed by atoms with Gasteiger partial charge in [-0.2, -0.15) is 37.9 Å². The summed E-state index contributed by atoms with van der Waals surface area (Å²) < 4.78 is 0. The largest absolute Gasteiger partial charge is 3.00 e. The molecule has 0 fully saturated rings. The average molecular weight is 1130 g/mol. The number of hydrogen-bond donors (Lipinski definition) is 18. The van der Waals surface area contributed by atoms with Crippen molar-refractivity contribution in [3.63, 3.8) is 0 Å². The number of amides is 6. The second kappa shape index (κ2) is 36.1. The van der Waals surface area contributed by atoms with Crippen LogP contribution in [-0.4, -0.2) is 201 Å². The van der Waals surface area contributed by atoms with E-state index in [4.69, 9.17) is 47.8 Å². The molecule has 0 aliphatic rings. The average Bonchev–Trinajstić information content (AvgIpc) is 3.18. The minimum absolute atomic E-state index is 0. The van der Waals surface area contributed by atoms with Gasteiger partial charge >= 0.3 is 62.0 Å². The quantitative estimate of drug-likeness (QED) is 0.0268. The van der Waals surface area contributed by atoms with Gasteiger partial charge in [0.2, 0.25) is 35.4 Å². The topological polar surface area (TPSA) is 476 Å². The minimum Gasteiger partial charge on any atom is -0.480 e. The van der Waals surface area contributed by atoms with Crippen LogP contribution in [0.3, 0.4) is 0 Å². The zero-order chi connectivity index (χ0) is 47.1. The molecule has 0 bridgehead atoms. The molecule has 2 radical (unpaired) electrons. The standard InChI is InChI=1S/3C10H17N3O6S.Bi/c3*11-5(10(18)19)1-2-7(14)13-6(4-20)9(17)12-3-8(15)16;/h3*5-6,20H,1-4,11H2,(H,12,17)(H,13,14)(H,15,16)(H,18,19);/q;;;+3/t3*5-,6-;/m000./s1. The fraction of sp³-hybridized carbons (Fsp3) is 0.600. The van der Waals surface area contributed by atoms with Crippen molar-refractivity contribution in [2.75, 3.05) is 36.9 Å². The van der Waals surface area contributed by atoms with E-state index in [0.29, 0.717) is 0 Å². The zero-order valence-corrected chi connectivity index (χ0v) is 38.2. The number of thiol groups is 3. The van der Waals surface area contributed by atoms with E-state index in [1.54, 1.807) is 0 Å². The summed E-state index contributed by atoms with van der Waals surface area (Å²) in [6.07, 6.45) is -0.705. The number of nitrogens with two attached hydrogens (primary N) is 3. The monoisotopic (exact) mass is 1130 g/mol. The molecular weight excluding hydrogens is 1080 g/mol. The van der Waals surface area contributed by atoms with Gasteiger partial charge in [-0.3, -0.25) is 57.5 Å². The Kier molecular flexibility index (Phi) is 37.4. The molecule has 0 spiro atoms. The van der Waals surface area contributed by atoms with Crippen LogP contribution < -0.4 is 49.1 Å². The second-order valence-corrected chi connectivity index (χ2v) is 12.8. The van der Waals surface area contributed by atoms with E-state index >= 15 is 0 Å². The van der Waals surface area contributed by atoms with Gasteiger partial charge in [0.05, 0.1) is 0 Å². The summed E-state index contributed by atoms with van der Waals surface area (Å²) in [5, 5.41) is 64.1. The SMILES string of the molecule is N[C@@H](CCC(=O)N[C@@H](CS)C(=O)NCC(=O)O)C(=O)O.N[C@@H](CCC(=O)N[C@@H](CS)C(=O)NCC(=O)O)C(=O)O.N[C@@H](CCC(=O)N[C@@H](CS)C(=O)NCC(=O)O)C(=O)O.[Bi+3]. The molecule has 344 valence electrons. The molecule has 18 N–H and O–H groups in total. The van der Waals surface area contributed by atoms with Crippen LogP contribution in [0.5, 0.6) is 0 Å². The zero-order valence-electron chi connectivity index (χ0n) is 32.1. The molecule has 6 amide bonds. The first-order valence-electron chi connectivity index (χ1n) is 17.0. The van der Waals surface area contributed by atoms with Crippen LogP contribution in [-0.2, 0) is 57.5 Å². The summed E-state index contributed by atoms with van der Waals surface area (Å²) in [7, 11) is 0. The van der Waals surface area contributed by atoms with Gasteiger partial charge in [0.15, 0.2) is 0 Å². The summed E-state index contributed by atoms with van der Waals surface area (Å²) in [5.41, 5.74) is 15.7. The fourth-order valence-electron chi connectivity index (χ4n) is 3.47. The van der Waals surface area contributed by atoms with Crippen LogP contribution in [0, 0.1) is 0 Å². The Hall–Kier alpha value is -4.55. The Labute approximate surface area is 382 Å².